The van der Waals surface area contributed by atoms with Crippen molar-refractivity contribution in [2.45, 2.75) is 32.0 Å². The second-order valence-electron chi connectivity index (χ2n) is 5.71. The van der Waals surface area contributed by atoms with Crippen LogP contribution in [0.25, 0.3) is 11.0 Å². The van der Waals surface area contributed by atoms with Gasteiger partial charge in [-0.2, -0.15) is 5.10 Å². The van der Waals surface area contributed by atoms with Crippen LogP contribution in [0.15, 0.2) is 11.4 Å². The number of rotatable bonds is 13. The second-order valence-corrected chi connectivity index (χ2v) is 6.78. The van der Waals surface area contributed by atoms with Gasteiger partial charge < -0.3 is 20.1 Å². The lowest BCUT2D eigenvalue weighted by molar-refractivity contribution is -0.125. The molecular weight excluding hydrogens is 368 g/mol. The summed E-state index contributed by atoms with van der Waals surface area (Å²) in [6.45, 7) is 6.79. The van der Waals surface area contributed by atoms with E-state index < -0.39 is 0 Å². The maximum atomic E-state index is 11.7. The van der Waals surface area contributed by atoms with Crippen molar-refractivity contribution >= 4 is 34.5 Å². The Morgan fingerprint density at radius 1 is 1.30 bits per heavy atom. The molecule has 0 fully saturated rings. The van der Waals surface area contributed by atoms with Crippen LogP contribution in [-0.4, -0.2) is 71.4 Å². The molecule has 0 spiro atoms. The number of nitrogens with one attached hydrogen (secondary N) is 2. The number of aromatic nitrogens is 4. The first-order valence-corrected chi connectivity index (χ1v) is 10.1. The van der Waals surface area contributed by atoms with E-state index in [0.29, 0.717) is 38.0 Å². The fourth-order valence-corrected chi connectivity index (χ4v) is 3.00. The van der Waals surface area contributed by atoms with Crippen LogP contribution in [0.2, 0.25) is 0 Å². The number of thioether (sulfide) groups is 1. The molecule has 2 aromatic rings. The van der Waals surface area contributed by atoms with Crippen LogP contribution in [0.3, 0.4) is 0 Å². The van der Waals surface area contributed by atoms with E-state index >= 15 is 0 Å². The van der Waals surface area contributed by atoms with Crippen molar-refractivity contribution in [2.24, 2.45) is 0 Å². The van der Waals surface area contributed by atoms with E-state index in [1.165, 1.54) is 0 Å². The molecule has 0 radical (unpaired) electrons. The number of hydrogen-bond acceptors (Lipinski definition) is 8. The summed E-state index contributed by atoms with van der Waals surface area (Å²) in [7, 11) is 1.66. The highest BCUT2D eigenvalue weighted by molar-refractivity contribution is 7.99. The van der Waals surface area contributed by atoms with Gasteiger partial charge in [-0.25, -0.2) is 14.6 Å². The van der Waals surface area contributed by atoms with E-state index in [4.69, 9.17) is 9.47 Å². The maximum absolute atomic E-state index is 11.7. The van der Waals surface area contributed by atoms with Crippen molar-refractivity contribution in [3.8, 4) is 0 Å². The monoisotopic (exact) mass is 396 g/mol. The Balaban J connectivity index is 2.11. The maximum Gasteiger partial charge on any atom is 0.246 e. The molecule has 10 heteroatoms. The van der Waals surface area contributed by atoms with Gasteiger partial charge in [-0.05, 0) is 13.3 Å². The Bertz CT molecular complexity index is 724. The third-order valence-electron chi connectivity index (χ3n) is 3.59. The van der Waals surface area contributed by atoms with Gasteiger partial charge in [0.2, 0.25) is 5.91 Å². The van der Waals surface area contributed by atoms with Gasteiger partial charge in [-0.15, -0.1) is 0 Å². The third kappa shape index (κ3) is 6.64. The topological polar surface area (TPSA) is 103 Å². The number of amides is 1. The molecule has 0 unspecified atom stereocenters. The normalized spacial score (nSPS) is 11.1. The molecule has 2 rings (SSSR count). The molecule has 2 aromatic heterocycles. The van der Waals surface area contributed by atoms with Crippen LogP contribution in [0.5, 0.6) is 0 Å². The van der Waals surface area contributed by atoms with Gasteiger partial charge in [0, 0.05) is 32.6 Å². The summed E-state index contributed by atoms with van der Waals surface area (Å²) in [5.74, 6) is 1.57. The highest BCUT2D eigenvalue weighted by Gasteiger charge is 2.13. The standard InChI is InChI=1S/C17H28N6O3S/c1-4-10-27-17-21-15(19-7-9-25-3)13-11-20-23(16(13)22-17)8-6-18-14(24)12-26-5-2/h11H,4-10,12H2,1-3H3,(H,18,24)(H,19,21,22). The lowest BCUT2D eigenvalue weighted by Crippen LogP contribution is -2.30. The average molecular weight is 397 g/mol. The van der Waals surface area contributed by atoms with E-state index in [9.17, 15) is 4.79 Å². The molecule has 0 saturated carbocycles. The number of hydrogen-bond donors (Lipinski definition) is 2. The molecule has 2 N–H and O–H groups in total. The van der Waals surface area contributed by atoms with E-state index in [0.717, 1.165) is 29.0 Å². The Labute approximate surface area is 163 Å². The highest BCUT2D eigenvalue weighted by Crippen LogP contribution is 2.24. The number of fused-ring (bicyclic) bond motifs is 1. The zero-order valence-corrected chi connectivity index (χ0v) is 17.0. The molecule has 9 nitrogen and oxygen atoms in total. The number of methoxy groups -OCH3 is 1. The fourth-order valence-electron chi connectivity index (χ4n) is 2.31. The first-order chi connectivity index (χ1) is 13.2. The van der Waals surface area contributed by atoms with Gasteiger partial charge in [0.1, 0.15) is 12.4 Å². The Kier molecular flexibility index (Phi) is 9.29. The van der Waals surface area contributed by atoms with E-state index in [1.54, 1.807) is 29.8 Å². The van der Waals surface area contributed by atoms with E-state index in [1.807, 2.05) is 6.92 Å². The SMILES string of the molecule is CCCSc1nc(NCCOC)c2cnn(CCNC(=O)COCC)c2n1. The molecule has 0 bridgehead atoms. The predicted octanol–water partition coefficient (Wildman–Crippen LogP) is 1.54. The molecule has 0 aromatic carbocycles. The number of nitrogens with zero attached hydrogens (tertiary/aromatic N) is 4. The van der Waals surface area contributed by atoms with Gasteiger partial charge in [-0.1, -0.05) is 18.7 Å². The minimum atomic E-state index is -0.135. The molecule has 0 aliphatic carbocycles. The van der Waals surface area contributed by atoms with Crippen LogP contribution < -0.4 is 10.6 Å². The number of ether oxygens (including phenoxy) is 2. The molecule has 1 amide bonds. The zero-order chi connectivity index (χ0) is 19.5. The summed E-state index contributed by atoms with van der Waals surface area (Å²) in [4.78, 5) is 20.9. The average Bonchev–Trinajstić information content (AvgIpc) is 3.08. The Morgan fingerprint density at radius 2 is 2.15 bits per heavy atom. The van der Waals surface area contributed by atoms with Gasteiger partial charge in [0.05, 0.1) is 24.7 Å². The van der Waals surface area contributed by atoms with Crippen molar-refractivity contribution in [3.63, 3.8) is 0 Å². The summed E-state index contributed by atoms with van der Waals surface area (Å²) in [6.07, 6.45) is 2.80. The van der Waals surface area contributed by atoms with Gasteiger partial charge >= 0.3 is 0 Å². The molecule has 27 heavy (non-hydrogen) atoms. The highest BCUT2D eigenvalue weighted by atomic mass is 32.2. The summed E-state index contributed by atoms with van der Waals surface area (Å²) >= 11 is 1.62. The number of carbonyl (C=O) groups excluding carboxylic acids is 1. The molecular formula is C17H28N6O3S. The minimum Gasteiger partial charge on any atom is -0.383 e. The number of carbonyl (C=O) groups is 1. The van der Waals surface area contributed by atoms with Crippen LogP contribution in [0.4, 0.5) is 5.82 Å². The molecule has 2 heterocycles. The first kappa shape index (κ1) is 21.4. The smallest absolute Gasteiger partial charge is 0.246 e. The zero-order valence-electron chi connectivity index (χ0n) is 16.2. The van der Waals surface area contributed by atoms with Crippen molar-refractivity contribution in [2.75, 3.05) is 51.1 Å². The quantitative estimate of drug-likeness (QED) is 0.299. The van der Waals surface area contributed by atoms with E-state index in [2.05, 4.69) is 32.6 Å². The van der Waals surface area contributed by atoms with Crippen LogP contribution in [0, 0.1) is 0 Å². The first-order valence-electron chi connectivity index (χ1n) is 9.13. The van der Waals surface area contributed by atoms with Crippen molar-refractivity contribution in [1.29, 1.82) is 0 Å². The summed E-state index contributed by atoms with van der Waals surface area (Å²) < 4.78 is 12.0. The van der Waals surface area contributed by atoms with E-state index in [-0.39, 0.29) is 12.5 Å². The van der Waals surface area contributed by atoms with Crippen LogP contribution >= 0.6 is 11.8 Å². The molecule has 0 saturated heterocycles. The fraction of sp³-hybridized carbons (Fsp3) is 0.647. The lowest BCUT2D eigenvalue weighted by atomic mass is 10.4. The Morgan fingerprint density at radius 3 is 2.89 bits per heavy atom. The van der Waals surface area contributed by atoms with Crippen molar-refractivity contribution in [3.05, 3.63) is 6.20 Å². The van der Waals surface area contributed by atoms with Gasteiger partial charge in [-0.3, -0.25) is 4.79 Å². The summed E-state index contributed by atoms with van der Waals surface area (Å²) in [6, 6.07) is 0. The second kappa shape index (κ2) is 11.7. The Hall–Kier alpha value is -1.91. The molecule has 0 aliphatic heterocycles. The molecule has 0 atom stereocenters. The lowest BCUT2D eigenvalue weighted by Gasteiger charge is -2.09. The predicted molar refractivity (Wildman–Crippen MR) is 106 cm³/mol. The van der Waals surface area contributed by atoms with Crippen LogP contribution in [-0.2, 0) is 20.8 Å². The minimum absolute atomic E-state index is 0.0733. The van der Waals surface area contributed by atoms with Gasteiger partial charge in [0.15, 0.2) is 10.8 Å². The third-order valence-corrected chi connectivity index (χ3v) is 4.65. The molecule has 0 aliphatic rings. The van der Waals surface area contributed by atoms with Crippen molar-refractivity contribution in [1.82, 2.24) is 25.1 Å². The largest absolute Gasteiger partial charge is 0.383 e. The number of anilines is 1. The molecule has 150 valence electrons. The van der Waals surface area contributed by atoms with Crippen molar-refractivity contribution < 1.29 is 14.3 Å². The van der Waals surface area contributed by atoms with Crippen LogP contribution in [0.1, 0.15) is 20.3 Å². The summed E-state index contributed by atoms with van der Waals surface area (Å²) in [5, 5.41) is 12.1. The summed E-state index contributed by atoms with van der Waals surface area (Å²) in [5.41, 5.74) is 0.752. The van der Waals surface area contributed by atoms with Gasteiger partial charge in [0.25, 0.3) is 0 Å².